The predicted molar refractivity (Wildman–Crippen MR) is 42.7 cm³/mol. The highest BCUT2D eigenvalue weighted by atomic mass is 16.5. The third-order valence-electron chi connectivity index (χ3n) is 1.36. The molecular weight excluding hydrogens is 160 g/mol. The maximum absolute atomic E-state index is 10.8. The summed E-state index contributed by atoms with van der Waals surface area (Å²) in [4.78, 5) is 21.1. The summed E-state index contributed by atoms with van der Waals surface area (Å²) in [5, 5.41) is 8.45. The lowest BCUT2D eigenvalue weighted by Crippen LogP contribution is -2.16. The van der Waals surface area contributed by atoms with Crippen molar-refractivity contribution in [1.82, 2.24) is 0 Å². The van der Waals surface area contributed by atoms with E-state index >= 15 is 0 Å². The summed E-state index contributed by atoms with van der Waals surface area (Å²) in [5.74, 6) is -2.07. The molecule has 0 saturated heterocycles. The smallest absolute Gasteiger partial charge is 0.306 e. The molecule has 0 rings (SSSR count). The molecule has 0 unspecified atom stereocenters. The third-order valence-corrected chi connectivity index (χ3v) is 1.36. The molecule has 0 spiro atoms. The Morgan fingerprint density at radius 1 is 1.50 bits per heavy atom. The van der Waals surface area contributed by atoms with E-state index in [1.165, 1.54) is 6.92 Å². The third kappa shape index (κ3) is 4.71. The maximum Gasteiger partial charge on any atom is 0.306 e. The van der Waals surface area contributed by atoms with Crippen LogP contribution in [-0.2, 0) is 14.3 Å². The molecule has 0 amide bonds. The molecule has 0 aromatic carbocycles. The van der Waals surface area contributed by atoms with Crippen molar-refractivity contribution in [3.63, 3.8) is 0 Å². The van der Waals surface area contributed by atoms with Gasteiger partial charge in [0.2, 0.25) is 0 Å². The van der Waals surface area contributed by atoms with Crippen LogP contribution in [0, 0.1) is 5.92 Å². The van der Waals surface area contributed by atoms with Gasteiger partial charge in [0, 0.05) is 0 Å². The summed E-state index contributed by atoms with van der Waals surface area (Å²) < 4.78 is 4.71. The van der Waals surface area contributed by atoms with Gasteiger partial charge in [-0.2, -0.15) is 0 Å². The molecular formula is C8H14O4. The molecule has 0 radical (unpaired) electrons. The molecule has 4 nitrogen and oxygen atoms in total. The van der Waals surface area contributed by atoms with Gasteiger partial charge in [0.15, 0.2) is 0 Å². The minimum absolute atomic E-state index is 0.0463. The highest BCUT2D eigenvalue weighted by molar-refractivity contribution is 5.78. The first-order chi connectivity index (χ1) is 5.57. The standard InChI is InChI=1S/C8H14O4/c1-3-4-12-7(9)5-6(2)8(10)11/h6H,3-5H2,1-2H3,(H,10,11)/t6-/m1/s1. The van der Waals surface area contributed by atoms with E-state index in [0.717, 1.165) is 6.42 Å². The first-order valence-electron chi connectivity index (χ1n) is 3.96. The van der Waals surface area contributed by atoms with Gasteiger partial charge in [-0.05, 0) is 6.42 Å². The molecule has 0 bridgehead atoms. The normalized spacial score (nSPS) is 12.2. The van der Waals surface area contributed by atoms with Gasteiger partial charge in [0.1, 0.15) is 0 Å². The van der Waals surface area contributed by atoms with Crippen molar-refractivity contribution >= 4 is 11.9 Å². The first-order valence-corrected chi connectivity index (χ1v) is 3.96. The molecule has 12 heavy (non-hydrogen) atoms. The van der Waals surface area contributed by atoms with Gasteiger partial charge in [-0.1, -0.05) is 13.8 Å². The molecule has 0 aromatic heterocycles. The summed E-state index contributed by atoms with van der Waals surface area (Å²) in [5.41, 5.74) is 0. The summed E-state index contributed by atoms with van der Waals surface area (Å²) in [6, 6.07) is 0. The number of rotatable bonds is 5. The quantitative estimate of drug-likeness (QED) is 0.633. The van der Waals surface area contributed by atoms with E-state index < -0.39 is 17.9 Å². The number of carbonyl (C=O) groups excluding carboxylic acids is 1. The average Bonchev–Trinajstić information content (AvgIpc) is 2.00. The van der Waals surface area contributed by atoms with E-state index in [9.17, 15) is 9.59 Å². The fourth-order valence-electron chi connectivity index (χ4n) is 0.612. The monoisotopic (exact) mass is 174 g/mol. The van der Waals surface area contributed by atoms with Crippen LogP contribution in [0.1, 0.15) is 26.7 Å². The number of esters is 1. The Hall–Kier alpha value is -1.06. The highest BCUT2D eigenvalue weighted by Crippen LogP contribution is 2.03. The maximum atomic E-state index is 10.8. The van der Waals surface area contributed by atoms with Crippen molar-refractivity contribution in [3.8, 4) is 0 Å². The fraction of sp³-hybridized carbons (Fsp3) is 0.750. The number of carbonyl (C=O) groups is 2. The second kappa shape index (κ2) is 5.57. The van der Waals surface area contributed by atoms with Gasteiger partial charge in [-0.3, -0.25) is 9.59 Å². The Balaban J connectivity index is 3.61. The molecule has 70 valence electrons. The summed E-state index contributed by atoms with van der Waals surface area (Å²) in [6.45, 7) is 3.73. The zero-order chi connectivity index (χ0) is 9.56. The molecule has 1 atom stereocenters. The molecule has 0 aliphatic heterocycles. The van der Waals surface area contributed by atoms with Gasteiger partial charge >= 0.3 is 11.9 Å². The summed E-state index contributed by atoms with van der Waals surface area (Å²) >= 11 is 0. The van der Waals surface area contributed by atoms with E-state index in [2.05, 4.69) is 0 Å². The lowest BCUT2D eigenvalue weighted by atomic mass is 10.1. The van der Waals surface area contributed by atoms with E-state index in [-0.39, 0.29) is 6.42 Å². The van der Waals surface area contributed by atoms with Crippen LogP contribution >= 0.6 is 0 Å². The second-order valence-electron chi connectivity index (χ2n) is 2.66. The zero-order valence-electron chi connectivity index (χ0n) is 7.37. The summed E-state index contributed by atoms with van der Waals surface area (Å²) in [7, 11) is 0. The molecule has 0 aliphatic rings. The average molecular weight is 174 g/mol. The second-order valence-corrected chi connectivity index (χ2v) is 2.66. The van der Waals surface area contributed by atoms with Gasteiger partial charge in [0.05, 0.1) is 18.9 Å². The molecule has 0 fully saturated rings. The Bertz CT molecular complexity index is 164. The van der Waals surface area contributed by atoms with Crippen LogP contribution in [0.25, 0.3) is 0 Å². The van der Waals surface area contributed by atoms with Crippen LogP contribution in [0.4, 0.5) is 0 Å². The summed E-state index contributed by atoms with van der Waals surface area (Å²) in [6.07, 6.45) is 0.711. The molecule has 0 heterocycles. The topological polar surface area (TPSA) is 63.6 Å². The van der Waals surface area contributed by atoms with Gasteiger partial charge in [-0.25, -0.2) is 0 Å². The van der Waals surface area contributed by atoms with Gasteiger partial charge in [0.25, 0.3) is 0 Å². The van der Waals surface area contributed by atoms with Gasteiger partial charge < -0.3 is 9.84 Å². The minimum atomic E-state index is -0.969. The molecule has 0 aromatic rings. The van der Waals surface area contributed by atoms with Crippen LogP contribution in [-0.4, -0.2) is 23.7 Å². The van der Waals surface area contributed by atoms with E-state index in [1.54, 1.807) is 0 Å². The number of aliphatic carboxylic acids is 1. The SMILES string of the molecule is CCCOC(=O)C[C@@H](C)C(=O)O. The van der Waals surface area contributed by atoms with Crippen molar-refractivity contribution in [2.24, 2.45) is 5.92 Å². The van der Waals surface area contributed by atoms with Crippen LogP contribution in [0.3, 0.4) is 0 Å². The number of carboxylic acids is 1. The van der Waals surface area contributed by atoms with Crippen LogP contribution in [0.2, 0.25) is 0 Å². The van der Waals surface area contributed by atoms with Crippen molar-refractivity contribution in [2.75, 3.05) is 6.61 Å². The predicted octanol–water partition coefficient (Wildman–Crippen LogP) is 1.05. The Labute approximate surface area is 71.5 Å². The van der Waals surface area contributed by atoms with E-state index in [4.69, 9.17) is 9.84 Å². The molecule has 0 saturated carbocycles. The number of hydrogen-bond acceptors (Lipinski definition) is 3. The first kappa shape index (κ1) is 10.9. The Kier molecular flexibility index (Phi) is 5.08. The van der Waals surface area contributed by atoms with Crippen molar-refractivity contribution in [2.45, 2.75) is 26.7 Å². The van der Waals surface area contributed by atoms with E-state index in [0.29, 0.717) is 6.61 Å². The zero-order valence-corrected chi connectivity index (χ0v) is 7.37. The van der Waals surface area contributed by atoms with E-state index in [1.807, 2.05) is 6.92 Å². The number of carboxylic acid groups (broad SMARTS) is 1. The van der Waals surface area contributed by atoms with Crippen molar-refractivity contribution in [1.29, 1.82) is 0 Å². The lowest BCUT2D eigenvalue weighted by Gasteiger charge is -2.05. The molecule has 0 aliphatic carbocycles. The fourth-order valence-corrected chi connectivity index (χ4v) is 0.612. The number of hydrogen-bond donors (Lipinski definition) is 1. The minimum Gasteiger partial charge on any atom is -0.481 e. The highest BCUT2D eigenvalue weighted by Gasteiger charge is 2.16. The van der Waals surface area contributed by atoms with Crippen molar-refractivity contribution < 1.29 is 19.4 Å². The number of ether oxygens (including phenoxy) is 1. The van der Waals surface area contributed by atoms with Crippen LogP contribution in [0.5, 0.6) is 0 Å². The molecule has 4 heteroatoms. The largest absolute Gasteiger partial charge is 0.481 e. The Morgan fingerprint density at radius 3 is 2.50 bits per heavy atom. The van der Waals surface area contributed by atoms with Crippen LogP contribution < -0.4 is 0 Å². The van der Waals surface area contributed by atoms with Crippen LogP contribution in [0.15, 0.2) is 0 Å². The van der Waals surface area contributed by atoms with Gasteiger partial charge in [-0.15, -0.1) is 0 Å². The Morgan fingerprint density at radius 2 is 2.08 bits per heavy atom. The lowest BCUT2D eigenvalue weighted by molar-refractivity contribution is -0.151. The molecule has 1 N–H and O–H groups in total. The van der Waals surface area contributed by atoms with Crippen molar-refractivity contribution in [3.05, 3.63) is 0 Å².